The Morgan fingerprint density at radius 3 is 2.50 bits per heavy atom. The van der Waals surface area contributed by atoms with Gasteiger partial charge >= 0.3 is 6.18 Å². The molecule has 2 aromatic rings. The highest BCUT2D eigenvalue weighted by Gasteiger charge is 2.39. The van der Waals surface area contributed by atoms with Crippen LogP contribution in [-0.4, -0.2) is 30.6 Å². The monoisotopic (exact) mass is 354 g/mol. The van der Waals surface area contributed by atoms with E-state index in [-0.39, 0.29) is 22.9 Å². The minimum atomic E-state index is -4.65. The van der Waals surface area contributed by atoms with Crippen molar-refractivity contribution in [2.24, 2.45) is 0 Å². The van der Waals surface area contributed by atoms with Crippen LogP contribution in [0.4, 0.5) is 13.2 Å². The summed E-state index contributed by atoms with van der Waals surface area (Å²) in [5.41, 5.74) is 0.527. The van der Waals surface area contributed by atoms with Crippen LogP contribution in [0, 0.1) is 13.8 Å². The zero-order valence-electron chi connectivity index (χ0n) is 11.7. The summed E-state index contributed by atoms with van der Waals surface area (Å²) in [6, 6.07) is 1.58. The van der Waals surface area contributed by atoms with Gasteiger partial charge in [-0.2, -0.15) is 28.8 Å². The van der Waals surface area contributed by atoms with Gasteiger partial charge in [0.15, 0.2) is 5.76 Å². The first kappa shape index (κ1) is 17.0. The molecule has 22 heavy (non-hydrogen) atoms. The Morgan fingerprint density at radius 1 is 1.36 bits per heavy atom. The van der Waals surface area contributed by atoms with Crippen LogP contribution in [0.5, 0.6) is 0 Å². The lowest BCUT2D eigenvalue weighted by molar-refractivity contribution is -0.136. The van der Waals surface area contributed by atoms with Gasteiger partial charge in [0.1, 0.15) is 17.1 Å². The third kappa shape index (κ3) is 3.68. The number of hydrogen-bond acceptors (Lipinski definition) is 5. The highest BCUT2D eigenvalue weighted by molar-refractivity contribution is 7.89. The third-order valence-electron chi connectivity index (χ3n) is 2.86. The second-order valence-electron chi connectivity index (χ2n) is 4.67. The molecular weight excluding hydrogens is 341 g/mol. The number of sulfonamides is 1. The number of thiophene rings is 1. The van der Waals surface area contributed by atoms with Gasteiger partial charge in [0, 0.05) is 6.54 Å². The molecule has 0 aromatic carbocycles. The van der Waals surface area contributed by atoms with Crippen molar-refractivity contribution < 1.29 is 26.1 Å². The van der Waals surface area contributed by atoms with Gasteiger partial charge < -0.3 is 4.52 Å². The Balaban J connectivity index is 2.43. The first-order valence-electron chi connectivity index (χ1n) is 6.12. The molecule has 0 spiro atoms. The molecule has 0 saturated heterocycles. The SMILES string of the molecule is Cc1noc(C)c1S(=O)(=O)N(Cc1ccsc1)CC(F)(F)F. The summed E-state index contributed by atoms with van der Waals surface area (Å²) in [6.45, 7) is 0.785. The number of hydrogen-bond donors (Lipinski definition) is 0. The van der Waals surface area contributed by atoms with E-state index in [2.05, 4.69) is 5.16 Å². The summed E-state index contributed by atoms with van der Waals surface area (Å²) in [7, 11) is -4.37. The van der Waals surface area contributed by atoms with Gasteiger partial charge in [-0.1, -0.05) is 5.16 Å². The van der Waals surface area contributed by atoms with Crippen molar-refractivity contribution in [3.63, 3.8) is 0 Å². The number of aryl methyl sites for hydroxylation is 2. The van der Waals surface area contributed by atoms with Gasteiger partial charge in [0.25, 0.3) is 0 Å². The van der Waals surface area contributed by atoms with Crippen LogP contribution >= 0.6 is 11.3 Å². The van der Waals surface area contributed by atoms with Crippen LogP contribution in [0.3, 0.4) is 0 Å². The summed E-state index contributed by atoms with van der Waals surface area (Å²) in [4.78, 5) is -0.313. The van der Waals surface area contributed by atoms with E-state index < -0.39 is 22.7 Å². The van der Waals surface area contributed by atoms with Crippen LogP contribution in [0.15, 0.2) is 26.2 Å². The maximum atomic E-state index is 12.8. The van der Waals surface area contributed by atoms with E-state index >= 15 is 0 Å². The first-order chi connectivity index (χ1) is 10.1. The molecule has 0 saturated carbocycles. The molecule has 0 amide bonds. The van der Waals surface area contributed by atoms with Crippen LogP contribution in [0.1, 0.15) is 17.0 Å². The summed E-state index contributed by atoms with van der Waals surface area (Å²) in [5.74, 6) is -0.0324. The van der Waals surface area contributed by atoms with Crippen molar-refractivity contribution in [3.05, 3.63) is 33.8 Å². The maximum Gasteiger partial charge on any atom is 0.402 e. The predicted octanol–water partition coefficient (Wildman–Crippen LogP) is 3.11. The number of nitrogens with zero attached hydrogens (tertiary/aromatic N) is 2. The zero-order chi connectivity index (χ0) is 16.5. The van der Waals surface area contributed by atoms with Crippen LogP contribution in [-0.2, 0) is 16.6 Å². The van der Waals surface area contributed by atoms with Crippen molar-refractivity contribution in [2.75, 3.05) is 6.54 Å². The molecule has 0 atom stereocenters. The van der Waals surface area contributed by atoms with Crippen molar-refractivity contribution in [3.8, 4) is 0 Å². The Labute approximate surface area is 129 Å². The Kier molecular flexibility index (Phi) is 4.64. The molecule has 10 heteroatoms. The smallest absolute Gasteiger partial charge is 0.360 e. The van der Waals surface area contributed by atoms with Crippen molar-refractivity contribution in [1.82, 2.24) is 9.46 Å². The van der Waals surface area contributed by atoms with Crippen LogP contribution in [0.25, 0.3) is 0 Å². The largest absolute Gasteiger partial charge is 0.402 e. The number of alkyl halides is 3. The van der Waals surface area contributed by atoms with E-state index in [0.29, 0.717) is 9.87 Å². The van der Waals surface area contributed by atoms with Gasteiger partial charge in [-0.25, -0.2) is 8.42 Å². The zero-order valence-corrected chi connectivity index (χ0v) is 13.3. The molecule has 0 bridgehead atoms. The van der Waals surface area contributed by atoms with Crippen molar-refractivity contribution in [1.29, 1.82) is 0 Å². The van der Waals surface area contributed by atoms with Gasteiger partial charge in [-0.05, 0) is 36.2 Å². The molecule has 5 nitrogen and oxygen atoms in total. The van der Waals surface area contributed by atoms with Crippen molar-refractivity contribution >= 4 is 21.4 Å². The normalized spacial score (nSPS) is 13.0. The predicted molar refractivity (Wildman–Crippen MR) is 73.9 cm³/mol. The van der Waals surface area contributed by atoms with E-state index in [1.54, 1.807) is 16.8 Å². The molecule has 122 valence electrons. The number of aromatic nitrogens is 1. The van der Waals surface area contributed by atoms with E-state index in [1.165, 1.54) is 25.2 Å². The molecule has 0 fully saturated rings. The van der Waals surface area contributed by atoms with Gasteiger partial charge in [-0.15, -0.1) is 0 Å². The topological polar surface area (TPSA) is 63.4 Å². The molecule has 2 aromatic heterocycles. The fraction of sp³-hybridized carbons (Fsp3) is 0.417. The Hall–Kier alpha value is -1.39. The van der Waals surface area contributed by atoms with E-state index in [4.69, 9.17) is 4.52 Å². The van der Waals surface area contributed by atoms with Crippen LogP contribution < -0.4 is 0 Å². The Bertz CT molecular complexity index is 717. The molecule has 0 aliphatic heterocycles. The standard InChI is InChI=1S/C12H13F3N2O3S2/c1-8-11(9(2)20-16-8)22(18,19)17(7-12(13,14)15)5-10-3-4-21-6-10/h3-4,6H,5,7H2,1-2H3. The van der Waals surface area contributed by atoms with Crippen molar-refractivity contribution in [2.45, 2.75) is 31.5 Å². The summed E-state index contributed by atoms with van der Waals surface area (Å²) in [5, 5.41) is 6.77. The highest BCUT2D eigenvalue weighted by atomic mass is 32.2. The molecule has 0 unspecified atom stereocenters. The Morgan fingerprint density at radius 2 is 2.05 bits per heavy atom. The quantitative estimate of drug-likeness (QED) is 0.828. The van der Waals surface area contributed by atoms with E-state index in [0.717, 1.165) is 0 Å². The third-order valence-corrected chi connectivity index (χ3v) is 5.63. The average Bonchev–Trinajstić information content (AvgIpc) is 2.97. The maximum absolute atomic E-state index is 12.8. The lowest BCUT2D eigenvalue weighted by Gasteiger charge is -2.22. The fourth-order valence-electron chi connectivity index (χ4n) is 1.98. The highest BCUT2D eigenvalue weighted by Crippen LogP contribution is 2.28. The fourth-order valence-corrected chi connectivity index (χ4v) is 4.35. The van der Waals surface area contributed by atoms with E-state index in [9.17, 15) is 21.6 Å². The molecule has 0 N–H and O–H groups in total. The van der Waals surface area contributed by atoms with Gasteiger partial charge in [-0.3, -0.25) is 0 Å². The number of halogens is 3. The lowest BCUT2D eigenvalue weighted by atomic mass is 10.3. The van der Waals surface area contributed by atoms with E-state index in [1.807, 2.05) is 0 Å². The van der Waals surface area contributed by atoms with Gasteiger partial charge in [0.05, 0.1) is 0 Å². The number of rotatable bonds is 5. The lowest BCUT2D eigenvalue weighted by Crippen LogP contribution is -2.38. The minimum absolute atomic E-state index is 0.0324. The molecule has 0 radical (unpaired) electrons. The molecule has 0 aliphatic carbocycles. The first-order valence-corrected chi connectivity index (χ1v) is 8.50. The summed E-state index contributed by atoms with van der Waals surface area (Å²) < 4.78 is 68.6. The average molecular weight is 354 g/mol. The molecule has 0 aliphatic rings. The summed E-state index contributed by atoms with van der Waals surface area (Å²) >= 11 is 1.28. The second-order valence-corrected chi connectivity index (χ2v) is 7.33. The molecule has 2 rings (SSSR count). The summed E-state index contributed by atoms with van der Waals surface area (Å²) in [6.07, 6.45) is -4.65. The van der Waals surface area contributed by atoms with Crippen LogP contribution in [0.2, 0.25) is 0 Å². The minimum Gasteiger partial charge on any atom is -0.360 e. The molecular formula is C12H13F3N2O3S2. The molecule has 2 heterocycles. The van der Waals surface area contributed by atoms with Gasteiger partial charge in [0.2, 0.25) is 10.0 Å². The second kappa shape index (κ2) is 6.01.